The number of aliphatic hydroxyl groups excluding tert-OH is 1. The van der Waals surface area contributed by atoms with E-state index in [2.05, 4.69) is 60.1 Å². The first-order valence-electron chi connectivity index (χ1n) is 18.0. The van der Waals surface area contributed by atoms with Gasteiger partial charge in [-0.15, -0.1) is 0 Å². The Morgan fingerprint density at radius 1 is 0.978 bits per heavy atom. The average molecular weight is 629 g/mol. The summed E-state index contributed by atoms with van der Waals surface area (Å²) in [6.07, 6.45) is 12.9. The van der Waals surface area contributed by atoms with Crippen molar-refractivity contribution in [3.8, 4) is 5.75 Å². The van der Waals surface area contributed by atoms with E-state index in [0.717, 1.165) is 119 Å². The lowest BCUT2D eigenvalue weighted by Gasteiger charge is -2.47. The average Bonchev–Trinajstić information content (AvgIpc) is 3.32. The van der Waals surface area contributed by atoms with Crippen molar-refractivity contribution in [1.29, 1.82) is 0 Å². The highest BCUT2D eigenvalue weighted by atomic mass is 16.5. The number of Topliss-reactive ketones (excluding diaryl/α,β-unsaturated/α-hetero) is 1. The summed E-state index contributed by atoms with van der Waals surface area (Å²) in [5.74, 6) is 1.38. The van der Waals surface area contributed by atoms with Crippen LogP contribution in [0.15, 0.2) is 54.1 Å². The molecule has 4 atom stereocenters. The first-order chi connectivity index (χ1) is 22.2. The van der Waals surface area contributed by atoms with Gasteiger partial charge in [-0.1, -0.05) is 62.1 Å². The first-order valence-corrected chi connectivity index (χ1v) is 18.0. The van der Waals surface area contributed by atoms with E-state index < -0.39 is 11.7 Å². The van der Waals surface area contributed by atoms with Crippen LogP contribution < -0.4 is 9.64 Å². The molecule has 4 unspecified atom stereocenters. The maximum absolute atomic E-state index is 14.3. The number of β-amino-alcohol motifs (C(OH)–C–C–N with tert-alkyl or cyclic N) is 1. The Morgan fingerprint density at radius 2 is 1.74 bits per heavy atom. The third-order valence-electron chi connectivity index (χ3n) is 12.2. The van der Waals surface area contributed by atoms with E-state index in [9.17, 15) is 15.0 Å². The molecule has 0 amide bonds. The summed E-state index contributed by atoms with van der Waals surface area (Å²) < 4.78 is 5.64. The molecule has 2 aromatic carbocycles. The van der Waals surface area contributed by atoms with E-state index >= 15 is 0 Å². The molecule has 1 saturated heterocycles. The third-order valence-corrected chi connectivity index (χ3v) is 12.2. The minimum Gasteiger partial charge on any atom is -0.495 e. The Labute approximate surface area is 276 Å². The monoisotopic (exact) mass is 628 g/mol. The van der Waals surface area contributed by atoms with E-state index in [1.165, 1.54) is 12.0 Å². The van der Waals surface area contributed by atoms with Crippen LogP contribution in [0.3, 0.4) is 0 Å². The van der Waals surface area contributed by atoms with E-state index in [0.29, 0.717) is 18.7 Å². The van der Waals surface area contributed by atoms with Crippen LogP contribution in [0.2, 0.25) is 0 Å². The van der Waals surface area contributed by atoms with Gasteiger partial charge in [0.05, 0.1) is 24.5 Å². The van der Waals surface area contributed by atoms with Gasteiger partial charge < -0.3 is 19.8 Å². The van der Waals surface area contributed by atoms with Gasteiger partial charge in [-0.25, -0.2) is 0 Å². The minimum atomic E-state index is -0.858. The molecule has 0 spiro atoms. The summed E-state index contributed by atoms with van der Waals surface area (Å²) in [7, 11) is 1.73. The zero-order chi connectivity index (χ0) is 32.3. The highest BCUT2D eigenvalue weighted by molar-refractivity contribution is 5.99. The molecular weight excluding hydrogens is 572 g/mol. The van der Waals surface area contributed by atoms with Crippen molar-refractivity contribution in [1.82, 2.24) is 4.90 Å². The molecule has 2 saturated carbocycles. The maximum atomic E-state index is 14.3. The van der Waals surface area contributed by atoms with Gasteiger partial charge in [-0.3, -0.25) is 9.69 Å². The first kappa shape index (κ1) is 33.2. The van der Waals surface area contributed by atoms with Gasteiger partial charge in [-0.2, -0.15) is 0 Å². The second kappa shape index (κ2) is 14.2. The number of nitrogens with zero attached hydrogens (tertiary/aromatic N) is 2. The number of allylic oxidation sites excluding steroid dienone is 2. The number of hydrogen-bond acceptors (Lipinski definition) is 6. The lowest BCUT2D eigenvalue weighted by atomic mass is 9.64. The molecule has 5 aliphatic rings. The molecule has 0 aromatic heterocycles. The quantitative estimate of drug-likeness (QED) is 0.258. The number of rotatable bonds is 6. The Bertz CT molecular complexity index is 1390. The zero-order valence-electron chi connectivity index (χ0n) is 28.5. The lowest BCUT2D eigenvalue weighted by Crippen LogP contribution is -2.56. The van der Waals surface area contributed by atoms with Crippen LogP contribution in [0.1, 0.15) is 112 Å². The summed E-state index contributed by atoms with van der Waals surface area (Å²) in [4.78, 5) is 19.1. The van der Waals surface area contributed by atoms with Crippen LogP contribution in [0.4, 0.5) is 5.69 Å². The maximum Gasteiger partial charge on any atom is 0.166 e. The molecule has 0 radical (unpaired) electrons. The van der Waals surface area contributed by atoms with Crippen LogP contribution in [-0.4, -0.2) is 72.4 Å². The Balaban J connectivity index is 1.29. The van der Waals surface area contributed by atoms with Crippen LogP contribution in [0, 0.1) is 11.3 Å². The van der Waals surface area contributed by atoms with E-state index in [4.69, 9.17) is 4.74 Å². The van der Waals surface area contributed by atoms with E-state index in [1.54, 1.807) is 7.11 Å². The molecule has 1 heterocycles. The number of carbonyl (C=O) groups excluding carboxylic acids is 1. The number of ketones is 1. The largest absolute Gasteiger partial charge is 0.495 e. The van der Waals surface area contributed by atoms with Crippen LogP contribution in [-0.2, 0) is 6.42 Å². The smallest absolute Gasteiger partial charge is 0.166 e. The molecule has 2 bridgehead atoms. The van der Waals surface area contributed by atoms with Crippen molar-refractivity contribution < 1.29 is 19.7 Å². The molecule has 2 aromatic rings. The van der Waals surface area contributed by atoms with Crippen LogP contribution in [0.5, 0.6) is 5.75 Å². The normalized spacial score (nSPS) is 30.0. The molecule has 3 fully saturated rings. The number of ether oxygens (including phenoxy) is 1. The number of methoxy groups -OCH3 is 1. The Kier molecular flexibility index (Phi) is 10.3. The highest BCUT2D eigenvalue weighted by Gasteiger charge is 2.57. The summed E-state index contributed by atoms with van der Waals surface area (Å²) in [5, 5.41) is 23.7. The second-order valence-electron chi connectivity index (χ2n) is 15.1. The summed E-state index contributed by atoms with van der Waals surface area (Å²) in [5.41, 5.74) is 4.26. The van der Waals surface area contributed by atoms with Gasteiger partial charge in [0, 0.05) is 49.6 Å². The fraction of sp³-hybridized carbons (Fsp3) is 0.625. The molecule has 6 nitrogen and oxygen atoms in total. The summed E-state index contributed by atoms with van der Waals surface area (Å²) in [6, 6.07) is 14.7. The van der Waals surface area contributed by atoms with Gasteiger partial charge in [0.15, 0.2) is 5.78 Å². The molecular formula is C40H56N2O4. The number of benzene rings is 2. The molecule has 250 valence electrons. The predicted molar refractivity (Wildman–Crippen MR) is 186 cm³/mol. The summed E-state index contributed by atoms with van der Waals surface area (Å²) >= 11 is 0. The van der Waals surface area contributed by atoms with Gasteiger partial charge in [0.1, 0.15) is 5.75 Å². The standard InChI is InChI=1S/C40H56N2O4/c1-29-10-9-20-39(2)35(19-21-40(39,45)28-41-22-24-42(25-23-41)36-13-7-8-14-37(36)46-3)33-18-16-30(26-32(43)17-15-29)27-34(33)38(44)31-11-5-4-6-12-31/h7-8,10,13-14,16,18,27,31-32,35,43,45H,4-6,9,11-12,15,17,19-26,28H2,1-3H3. The van der Waals surface area contributed by atoms with Gasteiger partial charge in [-0.05, 0) is 100.0 Å². The fourth-order valence-electron chi connectivity index (χ4n) is 9.21. The van der Waals surface area contributed by atoms with Gasteiger partial charge >= 0.3 is 0 Å². The number of carbonyl (C=O) groups is 1. The van der Waals surface area contributed by atoms with E-state index in [-0.39, 0.29) is 17.3 Å². The van der Waals surface area contributed by atoms with Crippen molar-refractivity contribution in [3.63, 3.8) is 0 Å². The highest BCUT2D eigenvalue weighted by Crippen LogP contribution is 2.59. The number of para-hydroxylation sites is 2. The Morgan fingerprint density at radius 3 is 2.50 bits per heavy atom. The minimum absolute atomic E-state index is 0.0863. The SMILES string of the molecule is COc1ccccc1N1CCN(CC2(O)CCC3c4ccc(cc4C(=O)C4CCCCC4)CC(O)CCC(C)=CCCC32C)CC1. The van der Waals surface area contributed by atoms with Crippen molar-refractivity contribution in [3.05, 3.63) is 70.8 Å². The second-order valence-corrected chi connectivity index (χ2v) is 15.1. The lowest BCUT2D eigenvalue weighted by molar-refractivity contribution is -0.0841. The topological polar surface area (TPSA) is 73.2 Å². The zero-order valence-corrected chi connectivity index (χ0v) is 28.5. The van der Waals surface area contributed by atoms with Crippen molar-refractivity contribution in [2.75, 3.05) is 44.7 Å². The van der Waals surface area contributed by atoms with Gasteiger partial charge in [0.2, 0.25) is 0 Å². The predicted octanol–water partition coefficient (Wildman–Crippen LogP) is 7.32. The summed E-state index contributed by atoms with van der Waals surface area (Å²) in [6.45, 7) is 8.72. The fourth-order valence-corrected chi connectivity index (χ4v) is 9.21. The van der Waals surface area contributed by atoms with Crippen molar-refractivity contribution in [2.45, 2.75) is 109 Å². The molecule has 1 aliphatic heterocycles. The van der Waals surface area contributed by atoms with Crippen LogP contribution >= 0.6 is 0 Å². The van der Waals surface area contributed by atoms with Crippen molar-refractivity contribution >= 4 is 11.5 Å². The van der Waals surface area contributed by atoms with E-state index in [1.807, 2.05) is 12.1 Å². The number of aliphatic hydroxyl groups is 2. The number of hydrogen-bond donors (Lipinski definition) is 2. The molecule has 6 heteroatoms. The number of fused-ring (bicyclic) bond motifs is 8. The Hall–Kier alpha value is -2.67. The van der Waals surface area contributed by atoms with Crippen LogP contribution in [0.25, 0.3) is 0 Å². The number of anilines is 1. The third kappa shape index (κ3) is 6.81. The number of piperazine rings is 1. The molecule has 4 aliphatic carbocycles. The molecule has 7 rings (SSSR count). The van der Waals surface area contributed by atoms with Crippen molar-refractivity contribution in [2.24, 2.45) is 11.3 Å². The van der Waals surface area contributed by atoms with Gasteiger partial charge in [0.25, 0.3) is 0 Å². The molecule has 46 heavy (non-hydrogen) atoms. The molecule has 2 N–H and O–H groups in total.